The van der Waals surface area contributed by atoms with E-state index in [-0.39, 0.29) is 33.8 Å². The normalized spacial score (nSPS) is 14.7. The molecular weight excluding hydrogens is 580 g/mol. The minimum atomic E-state index is -4.15. The number of thioether (sulfide) groups is 1. The second kappa shape index (κ2) is 11.0. The van der Waals surface area contributed by atoms with Gasteiger partial charge in [-0.2, -0.15) is 8.42 Å². The molecule has 1 aromatic heterocycles. The molecule has 0 spiro atoms. The number of carbonyl (C=O) groups excluding carboxylic acids is 1. The number of carbonyl (C=O) groups is 1. The number of amides is 1. The van der Waals surface area contributed by atoms with Crippen molar-refractivity contribution in [3.8, 4) is 17.1 Å². The van der Waals surface area contributed by atoms with Crippen molar-refractivity contribution in [1.29, 1.82) is 0 Å². The Labute approximate surface area is 245 Å². The Morgan fingerprint density at radius 3 is 2.27 bits per heavy atom. The summed E-state index contributed by atoms with van der Waals surface area (Å²) >= 11 is 7.26. The topological polar surface area (TPSA) is 102 Å². The van der Waals surface area contributed by atoms with Crippen LogP contribution in [0.4, 0.5) is 0 Å². The van der Waals surface area contributed by atoms with Crippen molar-refractivity contribution in [3.63, 3.8) is 0 Å². The average molecular weight is 601 g/mol. The first-order valence-corrected chi connectivity index (χ1v) is 15.3. The molecule has 0 radical (unpaired) electrons. The summed E-state index contributed by atoms with van der Waals surface area (Å²) in [5, 5.41) is 0.864. The van der Waals surface area contributed by atoms with Crippen molar-refractivity contribution in [2.75, 3.05) is 5.75 Å². The zero-order chi connectivity index (χ0) is 28.6. The van der Waals surface area contributed by atoms with E-state index >= 15 is 0 Å². The second-order valence-corrected chi connectivity index (χ2v) is 12.2. The molecule has 0 aliphatic carbocycles. The molecule has 41 heavy (non-hydrogen) atoms. The van der Waals surface area contributed by atoms with Crippen LogP contribution in [-0.4, -0.2) is 39.7 Å². The molecule has 0 N–H and O–H groups in total. The van der Waals surface area contributed by atoms with Crippen molar-refractivity contribution in [3.05, 3.63) is 124 Å². The number of fused-ring (bicyclic) bond motifs is 1. The standard InChI is InChI=1S/C30H21ClN4O4S2/c31-22-11-16-26-25(17-22)29(37)35(28(32-26)21-9-5-2-6-10-21)23-12-14-24(15-13-23)41(38,39)33-30-34(27(36)19-40-30)18-20-7-3-1-4-8-20/h1-17H,18-19H2/b33-30-. The van der Waals surface area contributed by atoms with Gasteiger partial charge < -0.3 is 0 Å². The summed E-state index contributed by atoms with van der Waals surface area (Å²) in [6.07, 6.45) is 0. The number of rotatable bonds is 6. The van der Waals surface area contributed by atoms with Gasteiger partial charge in [-0.15, -0.1) is 4.40 Å². The number of sulfonamides is 1. The molecule has 0 saturated carbocycles. The van der Waals surface area contributed by atoms with E-state index in [1.165, 1.54) is 33.7 Å². The van der Waals surface area contributed by atoms with Crippen LogP contribution in [0.3, 0.4) is 0 Å². The minimum absolute atomic E-state index is 0.0699. The van der Waals surface area contributed by atoms with Crippen LogP contribution in [0.25, 0.3) is 28.0 Å². The van der Waals surface area contributed by atoms with Crippen LogP contribution in [0.15, 0.2) is 117 Å². The van der Waals surface area contributed by atoms with Gasteiger partial charge in [-0.3, -0.25) is 19.1 Å². The second-order valence-electron chi connectivity index (χ2n) is 9.20. The molecule has 0 bridgehead atoms. The minimum Gasteiger partial charge on any atom is -0.285 e. The highest BCUT2D eigenvalue weighted by Gasteiger charge is 2.30. The lowest BCUT2D eigenvalue weighted by atomic mass is 10.1. The summed E-state index contributed by atoms with van der Waals surface area (Å²) in [6.45, 7) is 0.226. The van der Waals surface area contributed by atoms with E-state index in [0.717, 1.165) is 17.3 Å². The maximum atomic E-state index is 13.7. The molecule has 2 heterocycles. The third kappa shape index (κ3) is 5.41. The Morgan fingerprint density at radius 1 is 0.878 bits per heavy atom. The van der Waals surface area contributed by atoms with Crippen LogP contribution in [0.2, 0.25) is 5.02 Å². The van der Waals surface area contributed by atoms with Gasteiger partial charge in [-0.1, -0.05) is 84.0 Å². The Balaban J connectivity index is 1.39. The van der Waals surface area contributed by atoms with Crippen LogP contribution in [0, 0.1) is 0 Å². The van der Waals surface area contributed by atoms with Crippen molar-refractivity contribution < 1.29 is 13.2 Å². The zero-order valence-corrected chi connectivity index (χ0v) is 23.7. The Bertz CT molecular complexity index is 1980. The highest BCUT2D eigenvalue weighted by molar-refractivity contribution is 8.15. The predicted molar refractivity (Wildman–Crippen MR) is 162 cm³/mol. The maximum absolute atomic E-state index is 13.7. The number of hydrogen-bond donors (Lipinski definition) is 0. The number of hydrogen-bond acceptors (Lipinski definition) is 6. The van der Waals surface area contributed by atoms with Crippen molar-refractivity contribution in [2.45, 2.75) is 11.4 Å². The molecule has 1 amide bonds. The highest BCUT2D eigenvalue weighted by Crippen LogP contribution is 2.27. The van der Waals surface area contributed by atoms with Crippen LogP contribution >= 0.6 is 23.4 Å². The fourth-order valence-corrected chi connectivity index (χ4v) is 6.78. The Morgan fingerprint density at radius 2 is 1.56 bits per heavy atom. The van der Waals surface area contributed by atoms with E-state index in [4.69, 9.17) is 16.6 Å². The van der Waals surface area contributed by atoms with Crippen molar-refractivity contribution in [2.24, 2.45) is 4.40 Å². The van der Waals surface area contributed by atoms with E-state index in [1.807, 2.05) is 60.7 Å². The summed E-state index contributed by atoms with van der Waals surface area (Å²) in [6, 6.07) is 29.3. The van der Waals surface area contributed by atoms with Crippen LogP contribution in [0.5, 0.6) is 0 Å². The lowest BCUT2D eigenvalue weighted by Crippen LogP contribution is -2.29. The SMILES string of the molecule is O=C1CS/C(=N\S(=O)(=O)c2ccc(-n3c(-c4ccccc4)nc4ccc(Cl)cc4c3=O)cc2)N1Cc1ccccc1. The molecule has 8 nitrogen and oxygen atoms in total. The largest absolute Gasteiger partial charge is 0.285 e. The summed E-state index contributed by atoms with van der Waals surface area (Å²) in [4.78, 5) is 32.2. The summed E-state index contributed by atoms with van der Waals surface area (Å²) < 4.78 is 32.0. The van der Waals surface area contributed by atoms with E-state index in [1.54, 1.807) is 18.2 Å². The monoisotopic (exact) mass is 600 g/mol. The van der Waals surface area contributed by atoms with Gasteiger partial charge in [-0.05, 0) is 48.0 Å². The fraction of sp³-hybridized carbons (Fsp3) is 0.0667. The van der Waals surface area contributed by atoms with Gasteiger partial charge in [0, 0.05) is 10.6 Å². The highest BCUT2D eigenvalue weighted by atomic mass is 35.5. The molecule has 6 rings (SSSR count). The third-order valence-corrected chi connectivity index (χ3v) is 9.09. The quantitative estimate of drug-likeness (QED) is 0.254. The molecule has 1 saturated heterocycles. The Hall–Kier alpha value is -4.25. The van der Waals surface area contributed by atoms with Gasteiger partial charge in [-0.25, -0.2) is 4.98 Å². The number of benzene rings is 4. The lowest BCUT2D eigenvalue weighted by Gasteiger charge is -2.16. The van der Waals surface area contributed by atoms with Gasteiger partial charge >= 0.3 is 0 Å². The van der Waals surface area contributed by atoms with E-state index in [2.05, 4.69) is 4.40 Å². The lowest BCUT2D eigenvalue weighted by molar-refractivity contribution is -0.124. The van der Waals surface area contributed by atoms with E-state index in [9.17, 15) is 18.0 Å². The van der Waals surface area contributed by atoms with Gasteiger partial charge in [0.05, 0.1) is 33.8 Å². The summed E-state index contributed by atoms with van der Waals surface area (Å²) in [7, 11) is -4.15. The molecule has 1 aliphatic heterocycles. The summed E-state index contributed by atoms with van der Waals surface area (Å²) in [5.74, 6) is 0.308. The number of halogens is 1. The maximum Gasteiger partial charge on any atom is 0.284 e. The van der Waals surface area contributed by atoms with Crippen molar-refractivity contribution >= 4 is 55.4 Å². The number of aromatic nitrogens is 2. The van der Waals surface area contributed by atoms with Gasteiger partial charge in [0.1, 0.15) is 5.82 Å². The molecule has 5 aromatic rings. The first-order valence-electron chi connectivity index (χ1n) is 12.5. The van der Waals surface area contributed by atoms with Crippen LogP contribution in [0.1, 0.15) is 5.56 Å². The first kappa shape index (κ1) is 26.9. The number of nitrogens with zero attached hydrogens (tertiary/aromatic N) is 4. The molecule has 204 valence electrons. The zero-order valence-electron chi connectivity index (χ0n) is 21.3. The van der Waals surface area contributed by atoms with Gasteiger partial charge in [0.2, 0.25) is 5.91 Å². The number of amidine groups is 1. The van der Waals surface area contributed by atoms with E-state index in [0.29, 0.717) is 33.0 Å². The average Bonchev–Trinajstić information content (AvgIpc) is 3.32. The molecule has 0 unspecified atom stereocenters. The molecule has 1 fully saturated rings. The third-order valence-electron chi connectivity index (χ3n) is 6.49. The molecule has 11 heteroatoms. The fourth-order valence-electron chi connectivity index (χ4n) is 4.49. The van der Waals surface area contributed by atoms with Crippen LogP contribution < -0.4 is 5.56 Å². The molecule has 0 atom stereocenters. The smallest absolute Gasteiger partial charge is 0.284 e. The predicted octanol–water partition coefficient (Wildman–Crippen LogP) is 5.53. The van der Waals surface area contributed by atoms with Gasteiger partial charge in [0.25, 0.3) is 15.6 Å². The van der Waals surface area contributed by atoms with E-state index < -0.39 is 10.0 Å². The van der Waals surface area contributed by atoms with Crippen LogP contribution in [-0.2, 0) is 21.4 Å². The first-order chi connectivity index (χ1) is 19.8. The van der Waals surface area contributed by atoms with Gasteiger partial charge in [0.15, 0.2) is 5.17 Å². The van der Waals surface area contributed by atoms with Crippen molar-refractivity contribution in [1.82, 2.24) is 14.5 Å². The molecular formula is C30H21ClN4O4S2. The Kier molecular flexibility index (Phi) is 7.21. The summed E-state index contributed by atoms with van der Waals surface area (Å²) in [5.41, 5.74) is 2.15. The molecule has 1 aliphatic rings. The molecule has 4 aromatic carbocycles.